The fourth-order valence-electron chi connectivity index (χ4n) is 7.64. The molecule has 1 amide bonds. The summed E-state index contributed by atoms with van der Waals surface area (Å²) in [7, 11) is -3.90. The molecule has 0 aromatic heterocycles. The Morgan fingerprint density at radius 1 is 1.02 bits per heavy atom. The molecule has 0 radical (unpaired) electrons. The lowest BCUT2D eigenvalue weighted by Crippen LogP contribution is -2.54. The molecule has 2 aromatic rings. The molecule has 2 aromatic carbocycles. The number of amides is 1. The predicted octanol–water partition coefficient (Wildman–Crippen LogP) is 6.93. The van der Waals surface area contributed by atoms with Gasteiger partial charge in [-0.05, 0) is 117 Å². The van der Waals surface area contributed by atoms with Crippen molar-refractivity contribution in [2.45, 2.75) is 83.2 Å². The van der Waals surface area contributed by atoms with E-state index in [1.807, 2.05) is 37.3 Å². The lowest BCUT2D eigenvalue weighted by Gasteiger charge is -2.52. The minimum absolute atomic E-state index is 0.173. The Balaban J connectivity index is 1.42. The van der Waals surface area contributed by atoms with Crippen LogP contribution in [0.15, 0.2) is 48.6 Å². The molecule has 1 N–H and O–H groups in total. The van der Waals surface area contributed by atoms with E-state index in [0.29, 0.717) is 42.1 Å². The first-order valence-electron chi connectivity index (χ1n) is 16.2. The van der Waals surface area contributed by atoms with Crippen LogP contribution in [0.25, 0.3) is 0 Å². The minimum Gasteiger partial charge on any atom is -0.487 e. The Bertz CT molecular complexity index is 1520. The molecule has 2 fully saturated rings. The van der Waals surface area contributed by atoms with Crippen molar-refractivity contribution in [1.29, 1.82) is 0 Å². The van der Waals surface area contributed by atoms with Crippen LogP contribution in [0.5, 0.6) is 5.75 Å². The number of allylic oxidation sites excluding steroid dienone is 1. The van der Waals surface area contributed by atoms with Crippen molar-refractivity contribution in [2.24, 2.45) is 23.7 Å². The zero-order chi connectivity index (χ0) is 31.1. The number of carbonyl (C=O) groups is 1. The van der Waals surface area contributed by atoms with Crippen LogP contribution in [0.3, 0.4) is 0 Å². The number of halogens is 1. The highest BCUT2D eigenvalue weighted by Crippen LogP contribution is 2.52. The highest BCUT2D eigenvalue weighted by Gasteiger charge is 2.52. The number of fused-ring (bicyclic) bond motifs is 4. The molecule has 1 saturated heterocycles. The molecule has 1 saturated carbocycles. The van der Waals surface area contributed by atoms with Crippen LogP contribution in [-0.4, -0.2) is 44.9 Å². The van der Waals surface area contributed by atoms with Crippen LogP contribution in [0.4, 0.5) is 5.69 Å². The SMILES string of the molecule is C[C@@H]1C[C@@H]2[C@@H]1CN1CCCCc3cc(Cl)ccc3COc3ccc(cc31)C(=O)NS(=O)(=O)[C@H](C)[C@@H](C)C/C=C/[C@@]21CCCO1. The summed E-state index contributed by atoms with van der Waals surface area (Å²) >= 11 is 6.35. The average Bonchev–Trinajstić information content (AvgIpc) is 3.45. The highest BCUT2D eigenvalue weighted by molar-refractivity contribution is 7.90. The van der Waals surface area contributed by atoms with Crippen molar-refractivity contribution in [1.82, 2.24) is 4.72 Å². The van der Waals surface area contributed by atoms with Gasteiger partial charge < -0.3 is 14.4 Å². The fourth-order valence-corrected chi connectivity index (χ4v) is 9.12. The molecule has 6 rings (SSSR count). The molecule has 1 spiro atoms. The standard InChI is InChI=1S/C35H45ClN2O5S/c1-23-8-6-14-35(15-7-17-43-35)31-18-24(2)30(31)21-38-16-5-4-9-26-19-29(36)12-10-28(26)22-42-33-13-11-27(20-32(33)38)34(39)37-44(40,41)25(23)3/h6,10-14,19-20,23-25,30-31H,4-5,7-9,15-18,21-22H2,1-3H3,(H,37,39)/b14-6+/t23-,24+,25+,30+,31+,35+/m0/s1. The Hall–Kier alpha value is -2.55. The molecule has 6 atom stereocenters. The number of nitrogens with zero attached hydrogens (tertiary/aromatic N) is 1. The molecule has 1 aliphatic carbocycles. The van der Waals surface area contributed by atoms with E-state index in [2.05, 4.69) is 28.7 Å². The van der Waals surface area contributed by atoms with Gasteiger partial charge in [-0.15, -0.1) is 0 Å². The van der Waals surface area contributed by atoms with Gasteiger partial charge >= 0.3 is 0 Å². The van der Waals surface area contributed by atoms with Gasteiger partial charge in [0.2, 0.25) is 10.0 Å². The van der Waals surface area contributed by atoms with Crippen LogP contribution in [0.1, 0.15) is 80.8 Å². The zero-order valence-electron chi connectivity index (χ0n) is 26.1. The van der Waals surface area contributed by atoms with E-state index in [1.54, 1.807) is 13.0 Å². The number of hydrogen-bond donors (Lipinski definition) is 1. The monoisotopic (exact) mass is 640 g/mol. The number of ether oxygens (including phenoxy) is 2. The smallest absolute Gasteiger partial charge is 0.264 e. The molecule has 44 heavy (non-hydrogen) atoms. The maximum absolute atomic E-state index is 13.4. The van der Waals surface area contributed by atoms with Crippen molar-refractivity contribution < 1.29 is 22.7 Å². The van der Waals surface area contributed by atoms with Crippen LogP contribution in [0.2, 0.25) is 5.02 Å². The average molecular weight is 641 g/mol. The van der Waals surface area contributed by atoms with E-state index in [0.717, 1.165) is 74.5 Å². The summed E-state index contributed by atoms with van der Waals surface area (Å²) in [4.78, 5) is 15.8. The molecule has 3 heterocycles. The number of benzene rings is 2. The van der Waals surface area contributed by atoms with Crippen molar-refractivity contribution in [3.8, 4) is 5.75 Å². The number of hydrogen-bond acceptors (Lipinski definition) is 6. The largest absolute Gasteiger partial charge is 0.487 e. The Morgan fingerprint density at radius 2 is 1.86 bits per heavy atom. The summed E-state index contributed by atoms with van der Waals surface area (Å²) in [6.45, 7) is 8.70. The third-order valence-electron chi connectivity index (χ3n) is 10.7. The molecule has 0 unspecified atom stereocenters. The highest BCUT2D eigenvalue weighted by atomic mass is 35.5. The van der Waals surface area contributed by atoms with E-state index in [4.69, 9.17) is 21.1 Å². The van der Waals surface area contributed by atoms with Crippen molar-refractivity contribution in [3.05, 3.63) is 70.3 Å². The number of carbonyl (C=O) groups excluding carboxylic acids is 1. The lowest BCUT2D eigenvalue weighted by molar-refractivity contribution is -0.0878. The first-order valence-corrected chi connectivity index (χ1v) is 18.2. The topological polar surface area (TPSA) is 84.9 Å². The zero-order valence-corrected chi connectivity index (χ0v) is 27.6. The molecule has 3 aliphatic heterocycles. The fraction of sp³-hybridized carbons (Fsp3) is 0.571. The van der Waals surface area contributed by atoms with Crippen LogP contribution in [-0.2, 0) is 27.8 Å². The summed E-state index contributed by atoms with van der Waals surface area (Å²) in [5, 5.41) is -0.0178. The summed E-state index contributed by atoms with van der Waals surface area (Å²) < 4.78 is 42.1. The Morgan fingerprint density at radius 3 is 2.64 bits per heavy atom. The number of sulfonamides is 1. The normalized spacial score (nSPS) is 33.1. The first kappa shape index (κ1) is 31.4. The summed E-state index contributed by atoms with van der Waals surface area (Å²) in [6, 6.07) is 11.3. The van der Waals surface area contributed by atoms with Crippen molar-refractivity contribution in [3.63, 3.8) is 0 Å². The van der Waals surface area contributed by atoms with Gasteiger partial charge in [-0.2, -0.15) is 0 Å². The number of anilines is 1. The van der Waals surface area contributed by atoms with Gasteiger partial charge in [-0.3, -0.25) is 4.79 Å². The maximum atomic E-state index is 13.4. The van der Waals surface area contributed by atoms with Gasteiger partial charge in [0.25, 0.3) is 5.91 Å². The van der Waals surface area contributed by atoms with Gasteiger partial charge in [-0.25, -0.2) is 13.1 Å². The Kier molecular flexibility index (Phi) is 9.06. The van der Waals surface area contributed by atoms with Crippen LogP contribution < -0.4 is 14.4 Å². The second kappa shape index (κ2) is 12.7. The molecule has 2 bridgehead atoms. The molecular formula is C35H45ClN2O5S. The molecule has 7 nitrogen and oxygen atoms in total. The quantitative estimate of drug-likeness (QED) is 0.315. The van der Waals surface area contributed by atoms with E-state index >= 15 is 0 Å². The van der Waals surface area contributed by atoms with Crippen LogP contribution >= 0.6 is 11.6 Å². The molecule has 9 heteroatoms. The molecule has 238 valence electrons. The lowest BCUT2D eigenvalue weighted by atomic mass is 9.58. The summed E-state index contributed by atoms with van der Waals surface area (Å²) in [5.74, 6) is 1.23. The number of aryl methyl sites for hydroxylation is 1. The van der Waals surface area contributed by atoms with Gasteiger partial charge in [-0.1, -0.05) is 43.7 Å². The van der Waals surface area contributed by atoms with Gasteiger partial charge in [0.05, 0.1) is 16.5 Å². The first-order chi connectivity index (χ1) is 21.1. The molecule has 4 aliphatic rings. The van der Waals surface area contributed by atoms with E-state index in [1.165, 1.54) is 5.56 Å². The number of rotatable bonds is 0. The van der Waals surface area contributed by atoms with Gasteiger partial charge in [0.1, 0.15) is 12.4 Å². The second-order valence-electron chi connectivity index (χ2n) is 13.5. The Labute approximate surface area is 267 Å². The molecular weight excluding hydrogens is 596 g/mol. The maximum Gasteiger partial charge on any atom is 0.264 e. The van der Waals surface area contributed by atoms with Gasteiger partial charge in [0.15, 0.2) is 0 Å². The second-order valence-corrected chi connectivity index (χ2v) is 15.9. The summed E-state index contributed by atoms with van der Waals surface area (Å²) in [6.07, 6.45) is 11.0. The number of nitrogens with one attached hydrogen (secondary N) is 1. The van der Waals surface area contributed by atoms with E-state index in [-0.39, 0.29) is 11.5 Å². The van der Waals surface area contributed by atoms with Crippen LogP contribution in [0, 0.1) is 23.7 Å². The third-order valence-corrected chi connectivity index (χ3v) is 12.8. The minimum atomic E-state index is -3.90. The van der Waals surface area contributed by atoms with E-state index in [9.17, 15) is 13.2 Å². The van der Waals surface area contributed by atoms with Gasteiger partial charge in [0, 0.05) is 30.3 Å². The predicted molar refractivity (Wildman–Crippen MR) is 175 cm³/mol. The van der Waals surface area contributed by atoms with Crippen molar-refractivity contribution >= 4 is 33.2 Å². The third kappa shape index (κ3) is 6.27. The van der Waals surface area contributed by atoms with Crippen molar-refractivity contribution in [2.75, 3.05) is 24.6 Å². The summed E-state index contributed by atoms with van der Waals surface area (Å²) in [5.41, 5.74) is 3.11. The van der Waals surface area contributed by atoms with E-state index < -0.39 is 21.2 Å².